The van der Waals surface area contributed by atoms with Crippen LogP contribution in [0, 0.1) is 12.8 Å². The maximum absolute atomic E-state index is 13.9. The van der Waals surface area contributed by atoms with Crippen LogP contribution in [0.25, 0.3) is 0 Å². The highest BCUT2D eigenvalue weighted by atomic mass is 19.4. The Morgan fingerprint density at radius 1 is 0.765 bits per heavy atom. The molecule has 0 saturated heterocycles. The summed E-state index contributed by atoms with van der Waals surface area (Å²) in [6.45, 7) is 4.78. The number of benzene rings is 4. The number of nitrogens with one attached hydrogen (secondary N) is 3. The molecule has 0 spiro atoms. The molecule has 4 aromatic rings. The summed E-state index contributed by atoms with van der Waals surface area (Å²) in [7, 11) is 1.43. The minimum Gasteiger partial charge on any atom is -0.497 e. The molecule has 4 atom stereocenters. The highest BCUT2D eigenvalue weighted by Crippen LogP contribution is 2.37. The molecular weight excluding hydrogens is 661 g/mol. The lowest BCUT2D eigenvalue weighted by Crippen LogP contribution is -2.56. The number of aryl methyl sites for hydroxylation is 1. The van der Waals surface area contributed by atoms with E-state index >= 15 is 0 Å². The Labute approximate surface area is 295 Å². The van der Waals surface area contributed by atoms with Crippen LogP contribution in [0.5, 0.6) is 5.75 Å². The zero-order chi connectivity index (χ0) is 37.3. The molecule has 0 radical (unpaired) electrons. The number of hydrogen-bond acceptors (Lipinski definition) is 6. The Bertz CT molecular complexity index is 1710. The molecule has 12 heteroatoms. The highest BCUT2D eigenvalue weighted by molar-refractivity contribution is 5.93. The molecule has 51 heavy (non-hydrogen) atoms. The van der Waals surface area contributed by atoms with Crippen LogP contribution >= 0.6 is 0 Å². The third-order valence-electron chi connectivity index (χ3n) is 8.67. The molecule has 270 valence electrons. The number of methoxy groups -OCH3 is 1. The Hall–Kier alpha value is -5.20. The first-order chi connectivity index (χ1) is 24.2. The van der Waals surface area contributed by atoms with Gasteiger partial charge in [0, 0.05) is 0 Å². The Kier molecular flexibility index (Phi) is 12.6. The first-order valence-electron chi connectivity index (χ1n) is 16.4. The number of rotatable bonds is 14. The number of carbonyl (C=O) groups is 3. The van der Waals surface area contributed by atoms with Gasteiger partial charge in [-0.3, -0.25) is 14.4 Å². The third kappa shape index (κ3) is 9.33. The minimum absolute atomic E-state index is 0.203. The SMILES string of the molecule is COc1ccc([C@H](NC(=O)[C@@H](N)CC(=O)NC(c2ccccc2)(c2ccccc2)c2ccc(C)cc2)C(=O)N[C@@H](C(C)C)[C@H](O)C(F)(F)F)cc1. The van der Waals surface area contributed by atoms with Crippen molar-refractivity contribution in [1.82, 2.24) is 16.0 Å². The zero-order valence-electron chi connectivity index (χ0n) is 28.8. The van der Waals surface area contributed by atoms with E-state index in [2.05, 4.69) is 16.0 Å². The molecule has 0 fully saturated rings. The van der Waals surface area contributed by atoms with Crippen LogP contribution < -0.4 is 26.4 Å². The zero-order valence-corrected chi connectivity index (χ0v) is 28.8. The number of nitrogens with two attached hydrogens (primary N) is 1. The van der Waals surface area contributed by atoms with Gasteiger partial charge in [-0.05, 0) is 47.2 Å². The van der Waals surface area contributed by atoms with Gasteiger partial charge in [-0.1, -0.05) is 116 Å². The highest BCUT2D eigenvalue weighted by Gasteiger charge is 2.46. The van der Waals surface area contributed by atoms with Gasteiger partial charge < -0.3 is 31.5 Å². The van der Waals surface area contributed by atoms with Crippen LogP contribution in [-0.4, -0.2) is 54.3 Å². The molecular formula is C39H43F3N4O5. The fraction of sp³-hybridized carbons (Fsp3) is 0.308. The van der Waals surface area contributed by atoms with Crippen molar-refractivity contribution in [2.75, 3.05) is 7.11 Å². The van der Waals surface area contributed by atoms with Crippen molar-refractivity contribution < 1.29 is 37.4 Å². The molecule has 0 heterocycles. The van der Waals surface area contributed by atoms with Gasteiger partial charge in [-0.2, -0.15) is 13.2 Å². The molecule has 0 aliphatic rings. The van der Waals surface area contributed by atoms with E-state index in [1.165, 1.54) is 45.2 Å². The number of amides is 3. The molecule has 0 bridgehead atoms. The van der Waals surface area contributed by atoms with E-state index in [1.807, 2.05) is 91.9 Å². The summed E-state index contributed by atoms with van der Waals surface area (Å²) in [5, 5.41) is 17.9. The number of aliphatic hydroxyl groups is 1. The van der Waals surface area contributed by atoms with E-state index in [0.29, 0.717) is 5.75 Å². The summed E-state index contributed by atoms with van der Waals surface area (Å²) in [6, 6.07) is 27.6. The van der Waals surface area contributed by atoms with Gasteiger partial charge in [0.1, 0.15) is 17.3 Å². The van der Waals surface area contributed by atoms with Gasteiger partial charge in [-0.25, -0.2) is 0 Å². The average molecular weight is 705 g/mol. The largest absolute Gasteiger partial charge is 0.497 e. The van der Waals surface area contributed by atoms with Gasteiger partial charge in [0.05, 0.1) is 25.6 Å². The number of aliphatic hydroxyl groups excluding tert-OH is 1. The standard InChI is InChI=1S/C39H43F3N4O5/c1-24(2)33(35(48)39(40,41)42)44-37(50)34(26-17-21-30(51-4)22-18-26)45-36(49)31(43)23-32(47)46-38(27-11-7-5-8-12-27,28-13-9-6-10-14-28)29-19-15-25(3)16-20-29/h5-22,24,31,33-35,48H,23,43H2,1-4H3,(H,44,50)(H,45,49)(H,46,47)/t31-,33-,34-,35-/m0/s1. The molecule has 0 aromatic heterocycles. The second-order valence-corrected chi connectivity index (χ2v) is 12.7. The lowest BCUT2D eigenvalue weighted by atomic mass is 9.76. The second-order valence-electron chi connectivity index (χ2n) is 12.7. The van der Waals surface area contributed by atoms with Gasteiger partial charge in [-0.15, -0.1) is 0 Å². The maximum Gasteiger partial charge on any atom is 0.416 e. The molecule has 0 saturated carbocycles. The van der Waals surface area contributed by atoms with Gasteiger partial charge in [0.15, 0.2) is 6.10 Å². The van der Waals surface area contributed by atoms with Crippen molar-refractivity contribution in [3.63, 3.8) is 0 Å². The maximum atomic E-state index is 13.9. The van der Waals surface area contributed by atoms with Crippen molar-refractivity contribution >= 4 is 17.7 Å². The number of alkyl halides is 3. The Morgan fingerprint density at radius 2 is 1.27 bits per heavy atom. The number of ether oxygens (including phenoxy) is 1. The van der Waals surface area contributed by atoms with E-state index < -0.39 is 66.0 Å². The van der Waals surface area contributed by atoms with Crippen LogP contribution in [0.15, 0.2) is 109 Å². The molecule has 0 aliphatic carbocycles. The van der Waals surface area contributed by atoms with Crippen LogP contribution in [0.3, 0.4) is 0 Å². The quantitative estimate of drug-likeness (QED) is 0.116. The van der Waals surface area contributed by atoms with E-state index in [-0.39, 0.29) is 5.56 Å². The van der Waals surface area contributed by atoms with E-state index in [4.69, 9.17) is 10.5 Å². The lowest BCUT2D eigenvalue weighted by molar-refractivity contribution is -0.215. The summed E-state index contributed by atoms with van der Waals surface area (Å²) in [5.41, 5.74) is 8.59. The van der Waals surface area contributed by atoms with E-state index in [9.17, 15) is 32.7 Å². The summed E-state index contributed by atoms with van der Waals surface area (Å²) < 4.78 is 45.6. The van der Waals surface area contributed by atoms with Crippen molar-refractivity contribution in [3.05, 3.63) is 137 Å². The summed E-state index contributed by atoms with van der Waals surface area (Å²) in [4.78, 5) is 41.0. The molecule has 4 rings (SSSR count). The normalized spacial score (nSPS) is 14.2. The summed E-state index contributed by atoms with van der Waals surface area (Å²) >= 11 is 0. The fourth-order valence-electron chi connectivity index (χ4n) is 5.86. The number of carbonyl (C=O) groups excluding carboxylic acids is 3. The minimum atomic E-state index is -5.01. The van der Waals surface area contributed by atoms with Crippen LogP contribution in [0.2, 0.25) is 0 Å². The van der Waals surface area contributed by atoms with Crippen molar-refractivity contribution in [2.24, 2.45) is 11.7 Å². The molecule has 4 aromatic carbocycles. The predicted molar refractivity (Wildman–Crippen MR) is 187 cm³/mol. The summed E-state index contributed by atoms with van der Waals surface area (Å²) in [6.07, 6.45) is -8.37. The van der Waals surface area contributed by atoms with Gasteiger partial charge in [0.2, 0.25) is 17.7 Å². The lowest BCUT2D eigenvalue weighted by Gasteiger charge is -2.37. The first-order valence-corrected chi connectivity index (χ1v) is 16.4. The number of halogens is 3. The molecule has 9 nitrogen and oxygen atoms in total. The monoisotopic (exact) mass is 704 g/mol. The van der Waals surface area contributed by atoms with Crippen LogP contribution in [-0.2, 0) is 19.9 Å². The number of hydrogen-bond donors (Lipinski definition) is 5. The van der Waals surface area contributed by atoms with Crippen LogP contribution in [0.4, 0.5) is 13.2 Å². The van der Waals surface area contributed by atoms with E-state index in [1.54, 1.807) is 0 Å². The average Bonchev–Trinajstić information content (AvgIpc) is 3.12. The Morgan fingerprint density at radius 3 is 1.75 bits per heavy atom. The van der Waals surface area contributed by atoms with Gasteiger partial charge in [0.25, 0.3) is 0 Å². The van der Waals surface area contributed by atoms with Crippen LogP contribution in [0.1, 0.15) is 54.1 Å². The molecule has 3 amide bonds. The van der Waals surface area contributed by atoms with Crippen molar-refractivity contribution in [1.29, 1.82) is 0 Å². The third-order valence-corrected chi connectivity index (χ3v) is 8.67. The molecule has 0 unspecified atom stereocenters. The fourth-order valence-corrected chi connectivity index (χ4v) is 5.86. The first kappa shape index (κ1) is 38.6. The Balaban J connectivity index is 1.63. The second kappa shape index (κ2) is 16.7. The van der Waals surface area contributed by atoms with Crippen molar-refractivity contribution in [3.8, 4) is 5.75 Å². The topological polar surface area (TPSA) is 143 Å². The summed E-state index contributed by atoms with van der Waals surface area (Å²) in [5.74, 6) is -2.90. The van der Waals surface area contributed by atoms with Crippen molar-refractivity contribution in [2.45, 2.75) is 63.1 Å². The predicted octanol–water partition coefficient (Wildman–Crippen LogP) is 5.05. The molecule has 6 N–H and O–H groups in total. The van der Waals surface area contributed by atoms with E-state index in [0.717, 1.165) is 22.3 Å². The van der Waals surface area contributed by atoms with Gasteiger partial charge >= 0.3 is 6.18 Å². The molecule has 0 aliphatic heterocycles. The smallest absolute Gasteiger partial charge is 0.416 e.